The van der Waals surface area contributed by atoms with Gasteiger partial charge >= 0.3 is 0 Å². The van der Waals surface area contributed by atoms with Crippen LogP contribution in [0.4, 0.5) is 0 Å². The molecule has 0 aromatic heterocycles. The minimum Gasteiger partial charge on any atom is -0.496 e. The molecule has 0 bridgehead atoms. The molecule has 26 heavy (non-hydrogen) atoms. The summed E-state index contributed by atoms with van der Waals surface area (Å²) < 4.78 is 16.3. The molecular weight excluding hydrogens is 330 g/mol. The molecule has 0 aliphatic rings. The van der Waals surface area contributed by atoms with Gasteiger partial charge in [-0.05, 0) is 30.7 Å². The molecule has 0 heterocycles. The van der Waals surface area contributed by atoms with Crippen LogP contribution in [0.2, 0.25) is 0 Å². The van der Waals surface area contributed by atoms with Gasteiger partial charge in [0.05, 0.1) is 20.8 Å². The molecule has 5 heteroatoms. The van der Waals surface area contributed by atoms with E-state index in [0.717, 1.165) is 35.5 Å². The number of carbonyl (C=O) groups is 1. The second-order valence-electron chi connectivity index (χ2n) is 5.93. The van der Waals surface area contributed by atoms with E-state index in [-0.39, 0.29) is 5.91 Å². The van der Waals surface area contributed by atoms with Gasteiger partial charge in [-0.1, -0.05) is 31.5 Å². The number of unbranched alkanes of at least 4 members (excludes halogenated alkanes) is 1. The first-order valence-electron chi connectivity index (χ1n) is 8.84. The molecule has 0 atom stereocenters. The van der Waals surface area contributed by atoms with Crippen molar-refractivity contribution in [1.82, 2.24) is 5.32 Å². The van der Waals surface area contributed by atoms with Crippen molar-refractivity contribution < 1.29 is 19.0 Å². The first kappa shape index (κ1) is 19.8. The largest absolute Gasteiger partial charge is 0.496 e. The van der Waals surface area contributed by atoms with Crippen LogP contribution in [0.15, 0.2) is 42.5 Å². The second kappa shape index (κ2) is 10.5. The topological polar surface area (TPSA) is 56.8 Å². The quantitative estimate of drug-likeness (QED) is 0.654. The highest BCUT2D eigenvalue weighted by Gasteiger charge is 2.11. The summed E-state index contributed by atoms with van der Waals surface area (Å²) in [4.78, 5) is 12.5. The van der Waals surface area contributed by atoms with Gasteiger partial charge < -0.3 is 19.5 Å². The minimum absolute atomic E-state index is 0.145. The Morgan fingerprint density at radius 2 is 1.73 bits per heavy atom. The summed E-state index contributed by atoms with van der Waals surface area (Å²) in [6.45, 7) is 3.65. The summed E-state index contributed by atoms with van der Waals surface area (Å²) in [6.07, 6.45) is 2.10. The van der Waals surface area contributed by atoms with E-state index in [0.29, 0.717) is 25.3 Å². The Hall–Kier alpha value is -2.53. The van der Waals surface area contributed by atoms with Crippen LogP contribution in [0.25, 0.3) is 0 Å². The maximum atomic E-state index is 12.5. The van der Waals surface area contributed by atoms with Crippen LogP contribution >= 0.6 is 0 Å². The van der Waals surface area contributed by atoms with Crippen molar-refractivity contribution in [2.75, 3.05) is 20.8 Å². The molecule has 0 saturated heterocycles. The van der Waals surface area contributed by atoms with Gasteiger partial charge in [-0.15, -0.1) is 0 Å². The zero-order chi connectivity index (χ0) is 18.8. The third-order valence-corrected chi connectivity index (χ3v) is 4.07. The van der Waals surface area contributed by atoms with Gasteiger partial charge in [0.25, 0.3) is 5.91 Å². The van der Waals surface area contributed by atoms with E-state index >= 15 is 0 Å². The molecule has 0 radical (unpaired) electrons. The highest BCUT2D eigenvalue weighted by atomic mass is 16.5. The monoisotopic (exact) mass is 357 g/mol. The van der Waals surface area contributed by atoms with Crippen molar-refractivity contribution >= 4 is 5.91 Å². The van der Waals surface area contributed by atoms with Gasteiger partial charge in [0, 0.05) is 29.8 Å². The van der Waals surface area contributed by atoms with E-state index in [2.05, 4.69) is 12.2 Å². The molecule has 0 unspecified atom stereocenters. The molecule has 2 aromatic rings. The van der Waals surface area contributed by atoms with Gasteiger partial charge in [-0.3, -0.25) is 4.79 Å². The standard InChI is InChI=1S/C21H27NO4/c1-4-5-12-26-15-18-13-16(10-11-20(18)25-3)21(23)22-14-17-8-6-7-9-19(17)24-2/h6-11,13H,4-5,12,14-15H2,1-3H3,(H,22,23). The van der Waals surface area contributed by atoms with Gasteiger partial charge in [0.15, 0.2) is 0 Å². The van der Waals surface area contributed by atoms with Crippen molar-refractivity contribution in [3.05, 3.63) is 59.2 Å². The number of benzene rings is 2. The number of carbonyl (C=O) groups excluding carboxylic acids is 1. The summed E-state index contributed by atoms with van der Waals surface area (Å²) in [7, 11) is 3.24. The number of rotatable bonds is 10. The Morgan fingerprint density at radius 1 is 1.00 bits per heavy atom. The Morgan fingerprint density at radius 3 is 2.46 bits per heavy atom. The van der Waals surface area contributed by atoms with Crippen molar-refractivity contribution in [2.45, 2.75) is 32.9 Å². The Kier molecular flexibility index (Phi) is 7.96. The molecule has 140 valence electrons. The summed E-state index contributed by atoms with van der Waals surface area (Å²) >= 11 is 0. The Labute approximate surface area is 155 Å². The molecule has 0 saturated carbocycles. The molecule has 2 aromatic carbocycles. The Bertz CT molecular complexity index is 715. The third kappa shape index (κ3) is 5.49. The maximum Gasteiger partial charge on any atom is 0.251 e. The lowest BCUT2D eigenvalue weighted by Crippen LogP contribution is -2.23. The third-order valence-electron chi connectivity index (χ3n) is 4.07. The van der Waals surface area contributed by atoms with Gasteiger partial charge in [-0.2, -0.15) is 0 Å². The van der Waals surface area contributed by atoms with Crippen LogP contribution in [-0.4, -0.2) is 26.7 Å². The zero-order valence-electron chi connectivity index (χ0n) is 15.7. The van der Waals surface area contributed by atoms with Gasteiger partial charge in [-0.25, -0.2) is 0 Å². The van der Waals surface area contributed by atoms with Crippen LogP contribution in [0.3, 0.4) is 0 Å². The molecule has 2 rings (SSSR count). The fraction of sp³-hybridized carbons (Fsp3) is 0.381. The number of hydrogen-bond donors (Lipinski definition) is 1. The average Bonchev–Trinajstić information content (AvgIpc) is 2.69. The minimum atomic E-state index is -0.145. The molecule has 0 aliphatic heterocycles. The predicted octanol–water partition coefficient (Wildman–Crippen LogP) is 3.95. The molecule has 1 amide bonds. The highest BCUT2D eigenvalue weighted by Crippen LogP contribution is 2.22. The lowest BCUT2D eigenvalue weighted by molar-refractivity contribution is 0.0949. The molecule has 0 fully saturated rings. The zero-order valence-corrected chi connectivity index (χ0v) is 15.7. The summed E-state index contributed by atoms with van der Waals surface area (Å²) in [5.41, 5.74) is 2.38. The van der Waals surface area contributed by atoms with Crippen molar-refractivity contribution in [3.8, 4) is 11.5 Å². The van der Waals surface area contributed by atoms with Crippen molar-refractivity contribution in [2.24, 2.45) is 0 Å². The van der Waals surface area contributed by atoms with E-state index in [1.807, 2.05) is 30.3 Å². The van der Waals surface area contributed by atoms with E-state index in [1.54, 1.807) is 26.4 Å². The van der Waals surface area contributed by atoms with Crippen molar-refractivity contribution in [3.63, 3.8) is 0 Å². The maximum absolute atomic E-state index is 12.5. The van der Waals surface area contributed by atoms with E-state index in [4.69, 9.17) is 14.2 Å². The summed E-state index contributed by atoms with van der Waals surface area (Å²) in [5.74, 6) is 1.34. The average molecular weight is 357 g/mol. The number of amides is 1. The number of para-hydroxylation sites is 1. The SMILES string of the molecule is CCCCOCc1cc(C(=O)NCc2ccccc2OC)ccc1OC. The smallest absolute Gasteiger partial charge is 0.251 e. The first-order chi connectivity index (χ1) is 12.7. The van der Waals surface area contributed by atoms with Crippen LogP contribution in [-0.2, 0) is 17.9 Å². The molecule has 0 aliphatic carbocycles. The first-order valence-corrected chi connectivity index (χ1v) is 8.84. The molecular formula is C21H27NO4. The normalized spacial score (nSPS) is 10.4. The lowest BCUT2D eigenvalue weighted by atomic mass is 10.1. The molecule has 1 N–H and O–H groups in total. The van der Waals surface area contributed by atoms with Crippen LogP contribution in [0, 0.1) is 0 Å². The van der Waals surface area contributed by atoms with E-state index in [1.165, 1.54) is 0 Å². The molecule has 5 nitrogen and oxygen atoms in total. The fourth-order valence-corrected chi connectivity index (χ4v) is 2.59. The second-order valence-corrected chi connectivity index (χ2v) is 5.93. The van der Waals surface area contributed by atoms with Gasteiger partial charge in [0.2, 0.25) is 0 Å². The lowest BCUT2D eigenvalue weighted by Gasteiger charge is -2.12. The van der Waals surface area contributed by atoms with Crippen LogP contribution in [0.1, 0.15) is 41.3 Å². The highest BCUT2D eigenvalue weighted by molar-refractivity contribution is 5.94. The number of methoxy groups -OCH3 is 2. The molecule has 0 spiro atoms. The number of hydrogen-bond acceptors (Lipinski definition) is 4. The van der Waals surface area contributed by atoms with E-state index in [9.17, 15) is 4.79 Å². The summed E-state index contributed by atoms with van der Waals surface area (Å²) in [5, 5.41) is 2.93. The van der Waals surface area contributed by atoms with Gasteiger partial charge in [0.1, 0.15) is 11.5 Å². The van der Waals surface area contributed by atoms with Crippen molar-refractivity contribution in [1.29, 1.82) is 0 Å². The Balaban J connectivity index is 2.03. The fourth-order valence-electron chi connectivity index (χ4n) is 2.59. The number of ether oxygens (including phenoxy) is 3. The number of nitrogens with one attached hydrogen (secondary N) is 1. The predicted molar refractivity (Wildman–Crippen MR) is 102 cm³/mol. The van der Waals surface area contributed by atoms with Crippen LogP contribution in [0.5, 0.6) is 11.5 Å². The summed E-state index contributed by atoms with van der Waals surface area (Å²) in [6, 6.07) is 13.0. The van der Waals surface area contributed by atoms with E-state index < -0.39 is 0 Å². The van der Waals surface area contributed by atoms with Crippen LogP contribution < -0.4 is 14.8 Å².